The van der Waals surface area contributed by atoms with Crippen molar-refractivity contribution in [1.82, 2.24) is 9.97 Å². The van der Waals surface area contributed by atoms with Gasteiger partial charge in [-0.2, -0.15) is 0 Å². The number of hydrogen-bond donors (Lipinski definition) is 0. The molecule has 0 radical (unpaired) electrons. The molecular formula is C53H34N2O2. The number of benzene rings is 7. The normalized spacial score (nSPS) is 16.4. The molecule has 2 aromatic heterocycles. The minimum absolute atomic E-state index is 0.423. The molecule has 268 valence electrons. The zero-order chi connectivity index (χ0) is 37.5. The Morgan fingerprint density at radius 1 is 0.474 bits per heavy atom. The number of hydrogen-bond acceptors (Lipinski definition) is 4. The van der Waals surface area contributed by atoms with Crippen LogP contribution in [0.3, 0.4) is 0 Å². The third-order valence-electron chi connectivity index (χ3n) is 12.1. The molecule has 1 unspecified atom stereocenters. The van der Waals surface area contributed by atoms with Crippen LogP contribution in [0.5, 0.6) is 11.5 Å². The number of para-hydroxylation sites is 2. The summed E-state index contributed by atoms with van der Waals surface area (Å²) in [4.78, 5) is 10.2. The Bertz CT molecular complexity index is 3150. The average molecular weight is 731 g/mol. The largest absolute Gasteiger partial charge is 0.457 e. The zero-order valence-corrected chi connectivity index (χ0v) is 30.9. The van der Waals surface area contributed by atoms with E-state index in [2.05, 4.69) is 146 Å². The highest BCUT2D eigenvalue weighted by molar-refractivity contribution is 6.06. The summed E-state index contributed by atoms with van der Waals surface area (Å²) < 4.78 is 13.0. The second-order valence-corrected chi connectivity index (χ2v) is 15.2. The molecule has 0 amide bonds. The van der Waals surface area contributed by atoms with Crippen molar-refractivity contribution in [1.29, 1.82) is 0 Å². The number of rotatable bonds is 4. The Morgan fingerprint density at radius 3 is 2.05 bits per heavy atom. The molecule has 57 heavy (non-hydrogen) atoms. The molecule has 0 N–H and O–H groups in total. The minimum Gasteiger partial charge on any atom is -0.457 e. The van der Waals surface area contributed by atoms with Crippen LogP contribution in [0.1, 0.15) is 35.1 Å². The standard InChI is InChI=1S/C53H34N2O2/c1-2-12-35(13-3-1)52-54-46(32-47(55-52)37-26-28-41-40-16-6-10-20-48(40)56-51(41)31-37)34-24-22-33(23-25-34)36-27-29-50-45(30-36)53(44-19-9-11-21-49(44)57-50)42-17-7-4-14-38(42)39-15-5-8-18-43(39)53/h1-7,9-17,19-32H,8,18H2. The summed E-state index contributed by atoms with van der Waals surface area (Å²) in [5, 5.41) is 2.20. The Balaban J connectivity index is 0.971. The Labute approximate surface area is 330 Å². The van der Waals surface area contributed by atoms with E-state index in [9.17, 15) is 0 Å². The van der Waals surface area contributed by atoms with Crippen LogP contribution in [0.15, 0.2) is 192 Å². The molecule has 0 saturated heterocycles. The lowest BCUT2D eigenvalue weighted by Crippen LogP contribution is -2.33. The van der Waals surface area contributed by atoms with Gasteiger partial charge in [-0.1, -0.05) is 140 Å². The molecule has 12 rings (SSSR count). The van der Waals surface area contributed by atoms with Crippen LogP contribution in [0.4, 0.5) is 0 Å². The van der Waals surface area contributed by atoms with Crippen LogP contribution in [0.25, 0.3) is 72.5 Å². The van der Waals surface area contributed by atoms with Gasteiger partial charge in [0.25, 0.3) is 0 Å². The van der Waals surface area contributed by atoms with E-state index in [1.54, 1.807) is 0 Å². The molecular weight excluding hydrogens is 697 g/mol. The molecule has 0 bridgehead atoms. The van der Waals surface area contributed by atoms with E-state index < -0.39 is 5.41 Å². The molecule has 4 heteroatoms. The van der Waals surface area contributed by atoms with Crippen molar-refractivity contribution in [2.45, 2.75) is 18.3 Å². The van der Waals surface area contributed by atoms with Gasteiger partial charge < -0.3 is 9.15 Å². The third-order valence-corrected chi connectivity index (χ3v) is 12.1. The highest BCUT2D eigenvalue weighted by Gasteiger charge is 2.52. The lowest BCUT2D eigenvalue weighted by Gasteiger charge is -2.41. The third kappa shape index (κ3) is 4.80. The van der Waals surface area contributed by atoms with E-state index in [0.717, 1.165) is 85.5 Å². The van der Waals surface area contributed by atoms with Crippen LogP contribution in [-0.4, -0.2) is 9.97 Å². The van der Waals surface area contributed by atoms with Crippen molar-refractivity contribution in [3.63, 3.8) is 0 Å². The first-order chi connectivity index (χ1) is 28.2. The monoisotopic (exact) mass is 730 g/mol. The van der Waals surface area contributed by atoms with Crippen LogP contribution >= 0.6 is 0 Å². The maximum absolute atomic E-state index is 6.70. The molecule has 2 aliphatic carbocycles. The van der Waals surface area contributed by atoms with Crippen molar-refractivity contribution in [2.75, 3.05) is 0 Å². The zero-order valence-electron chi connectivity index (χ0n) is 30.9. The number of furan rings is 1. The van der Waals surface area contributed by atoms with Gasteiger partial charge >= 0.3 is 0 Å². The SMILES string of the molecule is C1=CC2=C(CC1)C1(c3ccccc3Oc3ccc(-c4ccc(-c5cc(-c6ccc7c(c6)oc6ccccc67)nc(-c6ccccc6)n5)cc4)cc31)c1ccccc12. The second kappa shape index (κ2) is 12.4. The predicted octanol–water partition coefficient (Wildman–Crippen LogP) is 13.6. The summed E-state index contributed by atoms with van der Waals surface area (Å²) >= 11 is 0. The summed E-state index contributed by atoms with van der Waals surface area (Å²) in [7, 11) is 0. The van der Waals surface area contributed by atoms with Crippen molar-refractivity contribution < 1.29 is 9.15 Å². The van der Waals surface area contributed by atoms with Crippen molar-refractivity contribution in [3.05, 3.63) is 210 Å². The summed E-state index contributed by atoms with van der Waals surface area (Å²) in [5.41, 5.74) is 16.1. The molecule has 3 heterocycles. The van der Waals surface area contributed by atoms with E-state index >= 15 is 0 Å². The fourth-order valence-electron chi connectivity index (χ4n) is 9.53. The van der Waals surface area contributed by atoms with E-state index in [4.69, 9.17) is 19.1 Å². The van der Waals surface area contributed by atoms with Gasteiger partial charge in [0.05, 0.1) is 16.8 Å². The predicted molar refractivity (Wildman–Crippen MR) is 229 cm³/mol. The quantitative estimate of drug-likeness (QED) is 0.181. The first kappa shape index (κ1) is 32.0. The van der Waals surface area contributed by atoms with Crippen LogP contribution in [-0.2, 0) is 5.41 Å². The molecule has 3 aliphatic rings. The highest BCUT2D eigenvalue weighted by atomic mass is 16.5. The Kier molecular flexibility index (Phi) is 6.93. The van der Waals surface area contributed by atoms with Gasteiger partial charge in [-0.3, -0.25) is 0 Å². The summed E-state index contributed by atoms with van der Waals surface area (Å²) in [6.45, 7) is 0. The van der Waals surface area contributed by atoms with Gasteiger partial charge in [0, 0.05) is 38.6 Å². The van der Waals surface area contributed by atoms with Gasteiger partial charge in [-0.05, 0) is 88.7 Å². The van der Waals surface area contributed by atoms with Crippen LogP contribution < -0.4 is 4.74 Å². The molecule has 4 nitrogen and oxygen atoms in total. The molecule has 1 atom stereocenters. The fourth-order valence-corrected chi connectivity index (χ4v) is 9.53. The maximum Gasteiger partial charge on any atom is 0.160 e. The summed E-state index contributed by atoms with van der Waals surface area (Å²) in [6.07, 6.45) is 6.69. The van der Waals surface area contributed by atoms with Gasteiger partial charge in [-0.25, -0.2) is 9.97 Å². The molecule has 9 aromatic rings. The fraction of sp³-hybridized carbons (Fsp3) is 0.0566. The van der Waals surface area contributed by atoms with Crippen LogP contribution in [0.2, 0.25) is 0 Å². The van der Waals surface area contributed by atoms with E-state index in [1.807, 2.05) is 36.4 Å². The summed E-state index contributed by atoms with van der Waals surface area (Å²) in [5.74, 6) is 2.52. The molecule has 1 aliphatic heterocycles. The van der Waals surface area contributed by atoms with Gasteiger partial charge in [0.1, 0.15) is 22.7 Å². The van der Waals surface area contributed by atoms with Crippen molar-refractivity contribution in [3.8, 4) is 56.5 Å². The average Bonchev–Trinajstić information content (AvgIpc) is 3.80. The molecule has 7 aromatic carbocycles. The van der Waals surface area contributed by atoms with Gasteiger partial charge in [0.15, 0.2) is 5.82 Å². The Morgan fingerprint density at radius 2 is 1.16 bits per heavy atom. The number of aromatic nitrogens is 2. The molecule has 0 fully saturated rings. The van der Waals surface area contributed by atoms with Crippen molar-refractivity contribution >= 4 is 27.5 Å². The lowest BCUT2D eigenvalue weighted by molar-refractivity contribution is 0.432. The number of allylic oxidation sites excluding steroid dienone is 4. The van der Waals surface area contributed by atoms with E-state index in [1.165, 1.54) is 33.4 Å². The second-order valence-electron chi connectivity index (χ2n) is 15.2. The lowest BCUT2D eigenvalue weighted by atomic mass is 9.64. The first-order valence-corrected chi connectivity index (χ1v) is 19.6. The maximum atomic E-state index is 6.70. The van der Waals surface area contributed by atoms with Crippen molar-refractivity contribution in [2.24, 2.45) is 0 Å². The van der Waals surface area contributed by atoms with E-state index in [0.29, 0.717) is 5.82 Å². The first-order valence-electron chi connectivity index (χ1n) is 19.6. The summed E-state index contributed by atoms with van der Waals surface area (Å²) in [6, 6.07) is 59.9. The smallest absolute Gasteiger partial charge is 0.160 e. The minimum atomic E-state index is -0.423. The highest BCUT2D eigenvalue weighted by Crippen LogP contribution is 2.63. The van der Waals surface area contributed by atoms with Crippen LogP contribution in [0, 0.1) is 0 Å². The molecule has 0 saturated carbocycles. The molecule has 1 spiro atoms. The number of nitrogens with zero attached hydrogens (tertiary/aromatic N) is 2. The van der Waals surface area contributed by atoms with Gasteiger partial charge in [-0.15, -0.1) is 0 Å². The van der Waals surface area contributed by atoms with Gasteiger partial charge in [0.2, 0.25) is 0 Å². The number of fused-ring (bicyclic) bond motifs is 11. The Hall–Kier alpha value is -7.30. The topological polar surface area (TPSA) is 48.2 Å². The van der Waals surface area contributed by atoms with E-state index in [-0.39, 0.29) is 0 Å². The number of ether oxygens (including phenoxy) is 1.